The maximum absolute atomic E-state index is 7.37. The van der Waals surface area contributed by atoms with Crippen LogP contribution in [0.5, 0.6) is 0 Å². The Morgan fingerprint density at radius 3 is 1.50 bits per heavy atom. The summed E-state index contributed by atoms with van der Waals surface area (Å²) in [5.41, 5.74) is 5.74. The third kappa shape index (κ3) is 9.75. The molecule has 0 saturated heterocycles. The molecule has 0 spiro atoms. The van der Waals surface area contributed by atoms with Crippen LogP contribution in [0, 0.1) is 17.4 Å². The molecule has 0 radical (unpaired) electrons. The second kappa shape index (κ2) is 17.0. The zero-order valence-corrected chi connectivity index (χ0v) is 31.4. The third-order valence-corrected chi connectivity index (χ3v) is 26.1. The van der Waals surface area contributed by atoms with Gasteiger partial charge in [-0.3, -0.25) is 0 Å². The molecule has 0 amide bonds. The van der Waals surface area contributed by atoms with E-state index in [1.807, 2.05) is 0 Å². The molecule has 0 heterocycles. The molecule has 0 N–H and O–H groups in total. The Bertz CT molecular complexity index is 690. The molecule has 0 aromatic rings. The Kier molecular flexibility index (Phi) is 16.9. The fraction of sp³-hybridized carbons (Fsp3) is 0.879. The molecule has 3 atom stereocenters. The lowest BCUT2D eigenvalue weighted by Gasteiger charge is -2.44. The Hall–Kier alpha value is -0.129. The van der Waals surface area contributed by atoms with E-state index in [0.29, 0.717) is 22.5 Å². The maximum Gasteiger partial charge on any atom is 0.192 e. The summed E-state index contributed by atoms with van der Waals surface area (Å²) < 4.78 is 14.6. The maximum atomic E-state index is 7.37. The quantitative estimate of drug-likeness (QED) is 0.0859. The van der Waals surface area contributed by atoms with Crippen molar-refractivity contribution in [2.45, 2.75) is 181 Å². The van der Waals surface area contributed by atoms with Crippen molar-refractivity contribution in [1.29, 1.82) is 0 Å². The molecule has 2 nitrogen and oxygen atoms in total. The zero-order valence-electron chi connectivity index (χ0n) is 28.4. The van der Waals surface area contributed by atoms with E-state index in [1.54, 1.807) is 0 Å². The van der Waals surface area contributed by atoms with Gasteiger partial charge in [0, 0.05) is 12.8 Å². The summed E-state index contributed by atoms with van der Waals surface area (Å²) in [6.07, 6.45) is 5.09. The third-order valence-electron chi connectivity index (χ3n) is 10.3. The molecule has 0 unspecified atom stereocenters. The topological polar surface area (TPSA) is 18.5 Å². The van der Waals surface area contributed by atoms with Crippen molar-refractivity contribution < 1.29 is 8.85 Å². The fourth-order valence-electron chi connectivity index (χ4n) is 6.89. The first-order chi connectivity index (χ1) is 17.7. The summed E-state index contributed by atoms with van der Waals surface area (Å²) in [4.78, 5) is 0. The lowest BCUT2D eigenvalue weighted by Crippen LogP contribution is -2.50. The van der Waals surface area contributed by atoms with Crippen molar-refractivity contribution in [3.63, 3.8) is 0 Å². The number of hydrogen-bond donors (Lipinski definition) is 0. The van der Waals surface area contributed by atoms with Crippen LogP contribution in [0.25, 0.3) is 0 Å². The minimum Gasteiger partial charge on any atom is -0.413 e. The second-order valence-electron chi connectivity index (χ2n) is 13.2. The van der Waals surface area contributed by atoms with Gasteiger partial charge in [0.05, 0.1) is 11.7 Å². The van der Waals surface area contributed by atoms with E-state index in [1.165, 1.54) is 36.3 Å². The van der Waals surface area contributed by atoms with E-state index < -0.39 is 24.7 Å². The summed E-state index contributed by atoms with van der Waals surface area (Å²) in [6, 6.07) is 7.04. The van der Waals surface area contributed by atoms with Crippen LogP contribution in [-0.4, -0.2) is 36.4 Å². The summed E-state index contributed by atoms with van der Waals surface area (Å²) in [5, 5.41) is 0. The van der Waals surface area contributed by atoms with Crippen molar-refractivity contribution in [3.05, 3.63) is 12.7 Å². The Morgan fingerprint density at radius 1 is 0.737 bits per heavy atom. The van der Waals surface area contributed by atoms with Crippen LogP contribution >= 0.6 is 0 Å². The summed E-state index contributed by atoms with van der Waals surface area (Å²) in [5.74, 6) is 4.07. The van der Waals surface area contributed by atoms with Gasteiger partial charge in [-0.25, -0.2) is 0 Å². The number of rotatable bonds is 19. The molecule has 38 heavy (non-hydrogen) atoms. The SMILES string of the molecule is C=C[C@@H](C)[C@H](C[C@@](C)(CCC#C[Si](C(C)C)(C(C)C)C(C)C)O[Si](CC)(CC)CC)O[Si](CC)(CC)CC. The molecule has 0 aromatic heterocycles. The summed E-state index contributed by atoms with van der Waals surface area (Å²) in [7, 11) is -5.29. The Balaban J connectivity index is 6.41. The van der Waals surface area contributed by atoms with Crippen LogP contribution in [-0.2, 0) is 8.85 Å². The smallest absolute Gasteiger partial charge is 0.192 e. The second-order valence-corrected chi connectivity index (χ2v) is 28.2. The summed E-state index contributed by atoms with van der Waals surface area (Å²) in [6.45, 7) is 37.3. The van der Waals surface area contributed by atoms with Crippen LogP contribution in [0.1, 0.15) is 116 Å². The van der Waals surface area contributed by atoms with Gasteiger partial charge in [0.1, 0.15) is 8.07 Å². The normalized spacial score (nSPS) is 16.3. The van der Waals surface area contributed by atoms with Crippen LogP contribution < -0.4 is 0 Å². The molecule has 0 bridgehead atoms. The molecule has 0 aromatic carbocycles. The molecule has 0 aliphatic carbocycles. The summed E-state index contributed by atoms with van der Waals surface area (Å²) >= 11 is 0. The van der Waals surface area contributed by atoms with Crippen molar-refractivity contribution in [1.82, 2.24) is 0 Å². The lowest BCUT2D eigenvalue weighted by atomic mass is 9.88. The highest BCUT2D eigenvalue weighted by molar-refractivity contribution is 6.90. The highest BCUT2D eigenvalue weighted by Crippen LogP contribution is 2.41. The highest BCUT2D eigenvalue weighted by Gasteiger charge is 2.43. The lowest BCUT2D eigenvalue weighted by molar-refractivity contribution is 0.00461. The van der Waals surface area contributed by atoms with E-state index in [2.05, 4.69) is 121 Å². The van der Waals surface area contributed by atoms with Crippen LogP contribution in [0.15, 0.2) is 12.7 Å². The fourth-order valence-corrected chi connectivity index (χ4v) is 18.3. The van der Waals surface area contributed by atoms with Gasteiger partial charge in [-0.15, -0.1) is 18.0 Å². The van der Waals surface area contributed by atoms with E-state index in [4.69, 9.17) is 8.85 Å². The minimum absolute atomic E-state index is 0.157. The molecule has 5 heteroatoms. The Labute approximate surface area is 243 Å². The first-order valence-electron chi connectivity index (χ1n) is 16.2. The molecule has 0 fully saturated rings. The van der Waals surface area contributed by atoms with Gasteiger partial charge in [0.2, 0.25) is 0 Å². The van der Waals surface area contributed by atoms with E-state index in [9.17, 15) is 0 Å². The van der Waals surface area contributed by atoms with Gasteiger partial charge < -0.3 is 8.85 Å². The van der Waals surface area contributed by atoms with Crippen molar-refractivity contribution in [2.75, 3.05) is 0 Å². The van der Waals surface area contributed by atoms with E-state index >= 15 is 0 Å². The minimum atomic E-state index is -1.81. The van der Waals surface area contributed by atoms with Gasteiger partial charge in [-0.05, 0) is 72.2 Å². The first kappa shape index (κ1) is 37.9. The monoisotopic (exact) mass is 580 g/mol. The average molecular weight is 581 g/mol. The van der Waals surface area contributed by atoms with Crippen LogP contribution in [0.3, 0.4) is 0 Å². The molecule has 0 saturated carbocycles. The van der Waals surface area contributed by atoms with Gasteiger partial charge in [-0.1, -0.05) is 96.1 Å². The molecule has 224 valence electrons. The molecule has 0 rings (SSSR count). The van der Waals surface area contributed by atoms with E-state index in [0.717, 1.165) is 19.3 Å². The van der Waals surface area contributed by atoms with Gasteiger partial charge in [0.15, 0.2) is 16.6 Å². The van der Waals surface area contributed by atoms with Crippen LogP contribution in [0.4, 0.5) is 0 Å². The van der Waals surface area contributed by atoms with E-state index in [-0.39, 0.29) is 11.7 Å². The van der Waals surface area contributed by atoms with Crippen LogP contribution in [0.2, 0.25) is 52.9 Å². The number of hydrogen-bond acceptors (Lipinski definition) is 2. The zero-order chi connectivity index (χ0) is 29.8. The van der Waals surface area contributed by atoms with Gasteiger partial charge in [-0.2, -0.15) is 0 Å². The van der Waals surface area contributed by atoms with Gasteiger partial charge in [0.25, 0.3) is 0 Å². The predicted octanol–water partition coefficient (Wildman–Crippen LogP) is 11.4. The van der Waals surface area contributed by atoms with Crippen molar-refractivity contribution in [3.8, 4) is 11.5 Å². The molecule has 0 aliphatic heterocycles. The van der Waals surface area contributed by atoms with Crippen molar-refractivity contribution >= 4 is 24.7 Å². The predicted molar refractivity (Wildman–Crippen MR) is 181 cm³/mol. The standard InChI is InChI=1S/C33H68O2Si3/c1-16-31(14)32(34-36(17-2,18-3)19-4)27-33(15,35-37(20-5,21-6)22-7)25-23-24-26-38(28(8)9,29(10)11)30(12)13/h16,28-32H,1,17-23,25,27H2,2-15H3/t31-,32+,33-/m1/s1. The van der Waals surface area contributed by atoms with Gasteiger partial charge >= 0.3 is 0 Å². The molecular formula is C33H68O2Si3. The highest BCUT2D eigenvalue weighted by atomic mass is 28.4. The Morgan fingerprint density at radius 2 is 1.16 bits per heavy atom. The average Bonchev–Trinajstić information content (AvgIpc) is 2.89. The first-order valence-corrected chi connectivity index (χ1v) is 23.5. The molecule has 0 aliphatic rings. The molecular weight excluding hydrogens is 513 g/mol. The largest absolute Gasteiger partial charge is 0.413 e. The van der Waals surface area contributed by atoms with Crippen molar-refractivity contribution in [2.24, 2.45) is 5.92 Å².